The first kappa shape index (κ1) is 7.84. The van der Waals surface area contributed by atoms with Crippen LogP contribution < -0.4 is 9.64 Å². The summed E-state index contributed by atoms with van der Waals surface area (Å²) in [5.74, 6) is 1.78. The summed E-state index contributed by atoms with van der Waals surface area (Å²) >= 11 is 0. The van der Waals surface area contributed by atoms with Crippen LogP contribution in [0.3, 0.4) is 0 Å². The van der Waals surface area contributed by atoms with Crippen LogP contribution >= 0.6 is 0 Å². The van der Waals surface area contributed by atoms with Crippen molar-refractivity contribution in [2.24, 2.45) is 0 Å². The average Bonchev–Trinajstić information content (AvgIpc) is 2.53. The van der Waals surface area contributed by atoms with E-state index in [4.69, 9.17) is 4.74 Å². The fourth-order valence-corrected chi connectivity index (χ4v) is 2.01. The van der Waals surface area contributed by atoms with Crippen molar-refractivity contribution in [1.82, 2.24) is 9.78 Å². The Labute approximate surface area is 81.3 Å². The minimum absolute atomic E-state index is 0.189. The first-order valence-corrected chi connectivity index (χ1v) is 4.85. The van der Waals surface area contributed by atoms with Crippen molar-refractivity contribution in [2.45, 2.75) is 19.4 Å². The molecule has 0 radical (unpaired) electrons. The molecule has 5 heteroatoms. The molecule has 0 aromatic carbocycles. The number of rotatable bonds is 0. The normalized spacial score (nSPS) is 20.0. The summed E-state index contributed by atoms with van der Waals surface area (Å²) in [5, 5.41) is 4.21. The first-order chi connectivity index (χ1) is 6.86. The summed E-state index contributed by atoms with van der Waals surface area (Å²) in [6, 6.07) is 0. The van der Waals surface area contributed by atoms with E-state index >= 15 is 0 Å². The Hall–Kier alpha value is -1.52. The Bertz CT molecular complexity index is 385. The Morgan fingerprint density at radius 1 is 1.43 bits per heavy atom. The Balaban J connectivity index is 2.15. The zero-order valence-electron chi connectivity index (χ0n) is 7.77. The van der Waals surface area contributed by atoms with Crippen LogP contribution in [-0.4, -0.2) is 28.8 Å². The van der Waals surface area contributed by atoms with Gasteiger partial charge in [-0.3, -0.25) is 9.69 Å². The molecular formula is C9H11N3O2. The third-order valence-electron chi connectivity index (χ3n) is 2.67. The van der Waals surface area contributed by atoms with Crippen LogP contribution in [0.15, 0.2) is 6.20 Å². The van der Waals surface area contributed by atoms with Crippen LogP contribution in [0.25, 0.3) is 0 Å². The maximum atomic E-state index is 11.7. The average molecular weight is 193 g/mol. The summed E-state index contributed by atoms with van der Waals surface area (Å²) in [4.78, 5) is 13.5. The van der Waals surface area contributed by atoms with Gasteiger partial charge in [0.1, 0.15) is 6.61 Å². The molecule has 5 nitrogen and oxygen atoms in total. The van der Waals surface area contributed by atoms with Crippen LogP contribution in [0.4, 0.5) is 5.82 Å². The molecule has 0 atom stereocenters. The van der Waals surface area contributed by atoms with Gasteiger partial charge in [0.05, 0.1) is 12.7 Å². The van der Waals surface area contributed by atoms with Crippen LogP contribution in [0.2, 0.25) is 0 Å². The number of hydrogen-bond donors (Lipinski definition) is 0. The molecule has 0 unspecified atom stereocenters. The molecule has 0 N–H and O–H groups in total. The lowest BCUT2D eigenvalue weighted by molar-refractivity contribution is -0.118. The number of carbonyl (C=O) groups excluding carboxylic acids is 1. The van der Waals surface area contributed by atoms with Crippen molar-refractivity contribution in [2.75, 3.05) is 18.1 Å². The number of hydrogen-bond acceptors (Lipinski definition) is 3. The number of aryl methyl sites for hydroxylation is 1. The smallest absolute Gasteiger partial charge is 0.228 e. The summed E-state index contributed by atoms with van der Waals surface area (Å²) in [6.45, 7) is 2.03. The molecule has 1 aromatic heterocycles. The summed E-state index contributed by atoms with van der Waals surface area (Å²) in [7, 11) is 0. The highest BCUT2D eigenvalue weighted by Crippen LogP contribution is 2.33. The van der Waals surface area contributed by atoms with Gasteiger partial charge < -0.3 is 4.74 Å². The molecule has 3 rings (SSSR count). The van der Waals surface area contributed by atoms with Crippen LogP contribution in [0, 0.1) is 0 Å². The van der Waals surface area contributed by atoms with Gasteiger partial charge in [0.25, 0.3) is 0 Å². The molecule has 0 aliphatic carbocycles. The van der Waals surface area contributed by atoms with E-state index < -0.39 is 0 Å². The molecule has 2 aliphatic rings. The Kier molecular flexibility index (Phi) is 1.53. The van der Waals surface area contributed by atoms with Gasteiger partial charge in [0.2, 0.25) is 5.91 Å². The van der Waals surface area contributed by atoms with Crippen molar-refractivity contribution < 1.29 is 9.53 Å². The molecule has 0 fully saturated rings. The Morgan fingerprint density at radius 2 is 2.36 bits per heavy atom. The van der Waals surface area contributed by atoms with E-state index in [1.165, 1.54) is 0 Å². The second-order valence-electron chi connectivity index (χ2n) is 3.55. The number of nitrogens with zero attached hydrogens (tertiary/aromatic N) is 3. The van der Waals surface area contributed by atoms with Gasteiger partial charge in [-0.15, -0.1) is 0 Å². The fourth-order valence-electron chi connectivity index (χ4n) is 2.01. The molecule has 74 valence electrons. The van der Waals surface area contributed by atoms with Gasteiger partial charge in [-0.05, 0) is 6.42 Å². The van der Waals surface area contributed by atoms with Crippen LogP contribution in [0.5, 0.6) is 5.75 Å². The van der Waals surface area contributed by atoms with Gasteiger partial charge >= 0.3 is 0 Å². The highest BCUT2D eigenvalue weighted by atomic mass is 16.5. The summed E-state index contributed by atoms with van der Waals surface area (Å²) in [6.07, 6.45) is 3.17. The van der Waals surface area contributed by atoms with E-state index in [9.17, 15) is 4.79 Å². The van der Waals surface area contributed by atoms with Gasteiger partial charge in [-0.25, -0.2) is 4.68 Å². The Morgan fingerprint density at radius 3 is 3.29 bits per heavy atom. The predicted molar refractivity (Wildman–Crippen MR) is 49.3 cm³/mol. The molecule has 0 saturated carbocycles. The van der Waals surface area contributed by atoms with E-state index in [1.54, 1.807) is 11.1 Å². The van der Waals surface area contributed by atoms with Crippen molar-refractivity contribution in [3.63, 3.8) is 0 Å². The molecule has 0 saturated heterocycles. The molecule has 1 amide bonds. The highest BCUT2D eigenvalue weighted by molar-refractivity contribution is 5.94. The van der Waals surface area contributed by atoms with Gasteiger partial charge in [0, 0.05) is 13.0 Å². The zero-order valence-corrected chi connectivity index (χ0v) is 7.77. The maximum Gasteiger partial charge on any atom is 0.228 e. The van der Waals surface area contributed by atoms with Crippen molar-refractivity contribution in [3.8, 4) is 5.75 Å². The molecule has 3 heterocycles. The second-order valence-corrected chi connectivity index (χ2v) is 3.55. The largest absolute Gasteiger partial charge is 0.486 e. The number of ether oxygens (including phenoxy) is 1. The quantitative estimate of drug-likeness (QED) is 0.599. The third kappa shape index (κ3) is 0.950. The third-order valence-corrected chi connectivity index (χ3v) is 2.67. The van der Waals surface area contributed by atoms with Crippen LogP contribution in [-0.2, 0) is 11.3 Å². The van der Waals surface area contributed by atoms with Gasteiger partial charge in [-0.1, -0.05) is 0 Å². The molecule has 1 aromatic rings. The fraction of sp³-hybridized carbons (Fsp3) is 0.556. The number of amides is 1. The standard InChI is InChI=1S/C9H11N3O2/c13-8-2-1-3-12-9-7(6-10-12)14-5-4-11(8)9/h6H,1-5H2. The first-order valence-electron chi connectivity index (χ1n) is 4.85. The lowest BCUT2D eigenvalue weighted by atomic mass is 10.3. The van der Waals surface area contributed by atoms with Gasteiger partial charge in [-0.2, -0.15) is 5.10 Å². The van der Waals surface area contributed by atoms with Crippen LogP contribution in [0.1, 0.15) is 12.8 Å². The molecule has 2 aliphatic heterocycles. The summed E-state index contributed by atoms with van der Waals surface area (Å²) < 4.78 is 7.30. The van der Waals surface area contributed by atoms with E-state index in [-0.39, 0.29) is 5.91 Å². The van der Waals surface area contributed by atoms with Crippen molar-refractivity contribution >= 4 is 11.7 Å². The predicted octanol–water partition coefficient (Wildman–Crippen LogP) is 0.402. The van der Waals surface area contributed by atoms with E-state index in [0.29, 0.717) is 19.6 Å². The lowest BCUT2D eigenvalue weighted by Crippen LogP contribution is -2.37. The van der Waals surface area contributed by atoms with Crippen molar-refractivity contribution in [3.05, 3.63) is 6.20 Å². The minimum Gasteiger partial charge on any atom is -0.486 e. The summed E-state index contributed by atoms with van der Waals surface area (Å²) in [5.41, 5.74) is 0. The molecule has 0 spiro atoms. The number of aromatic nitrogens is 2. The molecular weight excluding hydrogens is 182 g/mol. The van der Waals surface area contributed by atoms with E-state index in [1.807, 2.05) is 4.68 Å². The lowest BCUT2D eigenvalue weighted by Gasteiger charge is -2.26. The zero-order chi connectivity index (χ0) is 9.54. The maximum absolute atomic E-state index is 11.7. The monoisotopic (exact) mass is 193 g/mol. The van der Waals surface area contributed by atoms with Crippen molar-refractivity contribution in [1.29, 1.82) is 0 Å². The second kappa shape index (κ2) is 2.73. The topological polar surface area (TPSA) is 47.4 Å². The molecule has 14 heavy (non-hydrogen) atoms. The highest BCUT2D eigenvalue weighted by Gasteiger charge is 2.29. The van der Waals surface area contributed by atoms with E-state index in [2.05, 4.69) is 5.10 Å². The SMILES string of the molecule is O=C1CCCn2ncc3c2N1CCO3. The number of carbonyl (C=O) groups is 1. The minimum atomic E-state index is 0.189. The van der Waals surface area contributed by atoms with Gasteiger partial charge in [0.15, 0.2) is 11.6 Å². The van der Waals surface area contributed by atoms with E-state index in [0.717, 1.165) is 24.5 Å². The molecule has 0 bridgehead atoms. The number of anilines is 1.